The Hall–Kier alpha value is -3.86. The minimum atomic E-state index is -0.267. The molecule has 0 saturated heterocycles. The molecule has 5 heteroatoms. The maximum absolute atomic E-state index is 13.0. The van der Waals surface area contributed by atoms with E-state index in [0.717, 1.165) is 21.9 Å². The maximum atomic E-state index is 13.0. The zero-order valence-electron chi connectivity index (χ0n) is 17.1. The lowest BCUT2D eigenvalue weighted by atomic mass is 10.1. The molecular formula is C26H22FNO3. The predicted molar refractivity (Wildman–Crippen MR) is 119 cm³/mol. The van der Waals surface area contributed by atoms with Gasteiger partial charge in [0, 0.05) is 6.54 Å². The van der Waals surface area contributed by atoms with Crippen molar-refractivity contribution in [2.45, 2.75) is 13.2 Å². The molecule has 156 valence electrons. The molecule has 1 amide bonds. The second kappa shape index (κ2) is 9.30. The Morgan fingerprint density at radius 1 is 0.871 bits per heavy atom. The molecule has 0 atom stereocenters. The molecule has 0 heterocycles. The van der Waals surface area contributed by atoms with E-state index in [1.165, 1.54) is 12.1 Å². The summed E-state index contributed by atoms with van der Waals surface area (Å²) in [5.41, 5.74) is 2.34. The summed E-state index contributed by atoms with van der Waals surface area (Å²) in [6.07, 6.45) is 0. The number of methoxy groups -OCH3 is 1. The van der Waals surface area contributed by atoms with Crippen LogP contribution in [0.5, 0.6) is 11.5 Å². The number of hydrogen-bond donors (Lipinski definition) is 1. The Morgan fingerprint density at radius 2 is 1.52 bits per heavy atom. The molecule has 0 unspecified atom stereocenters. The molecule has 0 aliphatic rings. The van der Waals surface area contributed by atoms with E-state index in [1.54, 1.807) is 19.2 Å². The monoisotopic (exact) mass is 415 g/mol. The molecule has 1 N–H and O–H groups in total. The molecular weight excluding hydrogens is 393 g/mol. The summed E-state index contributed by atoms with van der Waals surface area (Å²) in [4.78, 5) is 12.7. The molecule has 0 spiro atoms. The zero-order valence-corrected chi connectivity index (χ0v) is 17.1. The topological polar surface area (TPSA) is 47.6 Å². The number of carbonyl (C=O) groups excluding carboxylic acids is 1. The summed E-state index contributed by atoms with van der Waals surface area (Å²) in [7, 11) is 1.56. The predicted octanol–water partition coefficient (Wildman–Crippen LogP) is 5.50. The van der Waals surface area contributed by atoms with Crippen LogP contribution in [-0.4, -0.2) is 13.0 Å². The van der Waals surface area contributed by atoms with Gasteiger partial charge in [-0.1, -0.05) is 48.5 Å². The van der Waals surface area contributed by atoms with Crippen LogP contribution in [-0.2, 0) is 13.2 Å². The van der Waals surface area contributed by atoms with Gasteiger partial charge >= 0.3 is 0 Å². The van der Waals surface area contributed by atoms with E-state index in [0.29, 0.717) is 30.2 Å². The van der Waals surface area contributed by atoms with Gasteiger partial charge in [-0.2, -0.15) is 0 Å². The molecule has 4 nitrogen and oxygen atoms in total. The fourth-order valence-electron chi connectivity index (χ4n) is 3.29. The van der Waals surface area contributed by atoms with Crippen molar-refractivity contribution in [3.63, 3.8) is 0 Å². The molecule has 0 aliphatic heterocycles. The van der Waals surface area contributed by atoms with E-state index in [1.807, 2.05) is 60.7 Å². The van der Waals surface area contributed by atoms with Crippen molar-refractivity contribution >= 4 is 16.7 Å². The molecule has 0 radical (unpaired) electrons. The molecule has 0 aromatic heterocycles. The number of benzene rings is 4. The second-order valence-electron chi connectivity index (χ2n) is 7.14. The third-order valence-electron chi connectivity index (χ3n) is 5.01. The molecule has 0 aliphatic carbocycles. The first-order chi connectivity index (χ1) is 15.1. The van der Waals surface area contributed by atoms with Crippen LogP contribution in [0, 0.1) is 5.82 Å². The number of ether oxygens (including phenoxy) is 2. The zero-order chi connectivity index (χ0) is 21.6. The highest BCUT2D eigenvalue weighted by molar-refractivity contribution is 6.01. The van der Waals surface area contributed by atoms with Crippen molar-refractivity contribution in [2.24, 2.45) is 0 Å². The fraction of sp³-hybridized carbons (Fsp3) is 0.115. The van der Waals surface area contributed by atoms with Crippen LogP contribution in [0.25, 0.3) is 10.8 Å². The molecule has 4 rings (SSSR count). The van der Waals surface area contributed by atoms with E-state index >= 15 is 0 Å². The minimum Gasteiger partial charge on any atom is -0.496 e. The Kier molecular flexibility index (Phi) is 6.13. The Balaban J connectivity index is 1.37. The van der Waals surface area contributed by atoms with Gasteiger partial charge in [0.2, 0.25) is 0 Å². The van der Waals surface area contributed by atoms with Crippen molar-refractivity contribution in [3.05, 3.63) is 107 Å². The number of halogens is 1. The third kappa shape index (κ3) is 5.01. The number of amides is 1. The van der Waals surface area contributed by atoms with Gasteiger partial charge in [0.05, 0.1) is 12.7 Å². The van der Waals surface area contributed by atoms with Crippen LogP contribution in [0.15, 0.2) is 84.9 Å². The maximum Gasteiger partial charge on any atom is 0.255 e. The molecule has 0 fully saturated rings. The fourth-order valence-corrected chi connectivity index (χ4v) is 3.29. The number of hydrogen-bond acceptors (Lipinski definition) is 3. The van der Waals surface area contributed by atoms with E-state index in [9.17, 15) is 9.18 Å². The number of nitrogens with one attached hydrogen (secondary N) is 1. The summed E-state index contributed by atoms with van der Waals surface area (Å²) in [6.45, 7) is 0.741. The summed E-state index contributed by atoms with van der Waals surface area (Å²) in [5, 5.41) is 4.94. The highest BCUT2D eigenvalue weighted by Gasteiger charge is 2.13. The lowest BCUT2D eigenvalue weighted by Crippen LogP contribution is -2.23. The van der Waals surface area contributed by atoms with E-state index in [4.69, 9.17) is 9.47 Å². The van der Waals surface area contributed by atoms with Gasteiger partial charge in [-0.05, 0) is 58.3 Å². The van der Waals surface area contributed by atoms with Crippen LogP contribution < -0.4 is 14.8 Å². The quantitative estimate of drug-likeness (QED) is 0.434. The summed E-state index contributed by atoms with van der Waals surface area (Å²) >= 11 is 0. The molecule has 4 aromatic rings. The normalized spacial score (nSPS) is 10.6. The molecule has 0 bridgehead atoms. The number of fused-ring (bicyclic) bond motifs is 1. The number of carbonyl (C=O) groups is 1. The van der Waals surface area contributed by atoms with Gasteiger partial charge in [-0.25, -0.2) is 4.39 Å². The first-order valence-electron chi connectivity index (χ1n) is 9.93. The third-order valence-corrected chi connectivity index (χ3v) is 5.01. The number of rotatable bonds is 7. The highest BCUT2D eigenvalue weighted by Crippen LogP contribution is 2.26. The van der Waals surface area contributed by atoms with Crippen molar-refractivity contribution in [2.75, 3.05) is 7.11 Å². The Bertz CT molecular complexity index is 1190. The second-order valence-corrected chi connectivity index (χ2v) is 7.14. The summed E-state index contributed by atoms with van der Waals surface area (Å²) in [6, 6.07) is 25.3. The van der Waals surface area contributed by atoms with Gasteiger partial charge in [-0.15, -0.1) is 0 Å². The lowest BCUT2D eigenvalue weighted by Gasteiger charge is -2.12. The van der Waals surface area contributed by atoms with Crippen molar-refractivity contribution < 1.29 is 18.7 Å². The largest absolute Gasteiger partial charge is 0.496 e. The average molecular weight is 415 g/mol. The van der Waals surface area contributed by atoms with Crippen LogP contribution in [0.2, 0.25) is 0 Å². The summed E-state index contributed by atoms with van der Waals surface area (Å²) < 4.78 is 24.1. The van der Waals surface area contributed by atoms with Crippen LogP contribution in [0.4, 0.5) is 4.39 Å². The van der Waals surface area contributed by atoms with Gasteiger partial charge in [0.25, 0.3) is 5.91 Å². The van der Waals surface area contributed by atoms with Gasteiger partial charge in [0.1, 0.15) is 23.9 Å². The van der Waals surface area contributed by atoms with Gasteiger partial charge < -0.3 is 14.8 Å². The van der Waals surface area contributed by atoms with Crippen molar-refractivity contribution in [1.29, 1.82) is 0 Å². The first-order valence-corrected chi connectivity index (χ1v) is 9.93. The van der Waals surface area contributed by atoms with E-state index < -0.39 is 0 Å². The Morgan fingerprint density at radius 3 is 2.19 bits per heavy atom. The van der Waals surface area contributed by atoms with Crippen LogP contribution >= 0.6 is 0 Å². The van der Waals surface area contributed by atoms with E-state index in [-0.39, 0.29) is 11.7 Å². The van der Waals surface area contributed by atoms with Crippen molar-refractivity contribution in [1.82, 2.24) is 5.32 Å². The van der Waals surface area contributed by atoms with Gasteiger partial charge in [0.15, 0.2) is 0 Å². The average Bonchev–Trinajstić information content (AvgIpc) is 2.82. The van der Waals surface area contributed by atoms with Crippen molar-refractivity contribution in [3.8, 4) is 11.5 Å². The Labute approximate surface area is 180 Å². The lowest BCUT2D eigenvalue weighted by molar-refractivity contribution is 0.0948. The SMILES string of the molecule is COc1cc2ccccc2cc1C(=O)NCc1ccc(OCc2ccc(F)cc2)cc1. The summed E-state index contributed by atoms with van der Waals surface area (Å²) in [5.74, 6) is 0.784. The standard InChI is InChI=1S/C26H22FNO3/c1-30-25-15-21-5-3-2-4-20(21)14-24(25)26(29)28-16-18-8-12-23(13-9-18)31-17-19-6-10-22(27)11-7-19/h2-15H,16-17H2,1H3,(H,28,29). The highest BCUT2D eigenvalue weighted by atomic mass is 19.1. The van der Waals surface area contributed by atoms with Crippen LogP contribution in [0.1, 0.15) is 21.5 Å². The molecule has 4 aromatic carbocycles. The smallest absolute Gasteiger partial charge is 0.255 e. The molecule has 0 saturated carbocycles. The first kappa shape index (κ1) is 20.4. The van der Waals surface area contributed by atoms with Gasteiger partial charge in [-0.3, -0.25) is 4.79 Å². The van der Waals surface area contributed by atoms with Crippen LogP contribution in [0.3, 0.4) is 0 Å². The molecule has 31 heavy (non-hydrogen) atoms. The minimum absolute atomic E-state index is 0.195. The van der Waals surface area contributed by atoms with E-state index in [2.05, 4.69) is 5.32 Å².